The molecule has 0 fully saturated rings. The topological polar surface area (TPSA) is 112 Å². The molecule has 0 bridgehead atoms. The molecule has 4 rings (SSSR count). The molecule has 3 heterocycles. The van der Waals surface area contributed by atoms with Crippen molar-refractivity contribution < 1.29 is 4.92 Å². The van der Waals surface area contributed by atoms with Gasteiger partial charge in [0.2, 0.25) is 0 Å². The van der Waals surface area contributed by atoms with E-state index in [9.17, 15) is 10.1 Å². The number of anilines is 1. The van der Waals surface area contributed by atoms with Crippen molar-refractivity contribution in [1.82, 2.24) is 24.7 Å². The van der Waals surface area contributed by atoms with Gasteiger partial charge in [0.1, 0.15) is 23.3 Å². The van der Waals surface area contributed by atoms with Crippen LogP contribution in [0.5, 0.6) is 0 Å². The molecule has 3 aromatic heterocycles. The van der Waals surface area contributed by atoms with Crippen molar-refractivity contribution in [1.29, 1.82) is 0 Å². The average molecular weight is 367 g/mol. The molecule has 1 N–H and O–H groups in total. The van der Waals surface area contributed by atoms with E-state index in [0.29, 0.717) is 18.3 Å². The zero-order valence-corrected chi connectivity index (χ0v) is 14.5. The van der Waals surface area contributed by atoms with Gasteiger partial charge in [-0.25, -0.2) is 4.98 Å². The van der Waals surface area contributed by atoms with Crippen LogP contribution in [0, 0.1) is 17.0 Å². The van der Waals surface area contributed by atoms with Crippen LogP contribution in [0.1, 0.15) is 10.4 Å². The summed E-state index contributed by atoms with van der Waals surface area (Å²) < 4.78 is 1.49. The Hall–Kier alpha value is -3.40. The van der Waals surface area contributed by atoms with E-state index in [-0.39, 0.29) is 5.69 Å². The summed E-state index contributed by atoms with van der Waals surface area (Å²) in [6, 6.07) is 8.52. The number of nitro benzene ring substituents is 1. The van der Waals surface area contributed by atoms with Gasteiger partial charge in [0.05, 0.1) is 10.3 Å². The highest BCUT2D eigenvalue weighted by molar-refractivity contribution is 7.18. The lowest BCUT2D eigenvalue weighted by Gasteiger charge is -2.08. The fraction of sp³-hybridized carbons (Fsp3) is 0.125. The summed E-state index contributed by atoms with van der Waals surface area (Å²) in [5.41, 5.74) is 0.854. The number of aryl methyl sites for hydroxylation is 1. The zero-order valence-electron chi connectivity index (χ0n) is 13.7. The molecule has 10 heteroatoms. The van der Waals surface area contributed by atoms with Crippen molar-refractivity contribution in [2.75, 3.05) is 5.32 Å². The van der Waals surface area contributed by atoms with Crippen molar-refractivity contribution in [3.63, 3.8) is 0 Å². The van der Waals surface area contributed by atoms with E-state index in [2.05, 4.69) is 25.4 Å². The monoisotopic (exact) mass is 367 g/mol. The number of aromatic nitrogens is 5. The number of nitrogens with zero attached hydrogens (tertiary/aromatic N) is 6. The number of nitro groups is 1. The predicted octanol–water partition coefficient (Wildman–Crippen LogP) is 3.10. The maximum absolute atomic E-state index is 10.9. The third-order valence-corrected chi connectivity index (χ3v) is 4.65. The predicted molar refractivity (Wildman–Crippen MR) is 97.5 cm³/mol. The molecule has 4 aromatic rings. The molecule has 0 saturated heterocycles. The van der Waals surface area contributed by atoms with Crippen LogP contribution in [-0.4, -0.2) is 29.7 Å². The van der Waals surface area contributed by atoms with Gasteiger partial charge < -0.3 is 5.32 Å². The van der Waals surface area contributed by atoms with Gasteiger partial charge in [-0.15, -0.1) is 11.3 Å². The standard InChI is InChI=1S/C16H13N7O2S/c1-10-5-13-14(18-7-11-3-2-4-12(6-11)23(24)25)20-16(21-15(13)26-10)22-9-17-8-19-22/h2-6,8-9H,7H2,1H3,(H,18,20,21). The van der Waals surface area contributed by atoms with Crippen LogP contribution >= 0.6 is 11.3 Å². The summed E-state index contributed by atoms with van der Waals surface area (Å²) in [5, 5.41) is 19.2. The van der Waals surface area contributed by atoms with Crippen molar-refractivity contribution in [3.05, 3.63) is 63.5 Å². The molecule has 0 aliphatic heterocycles. The summed E-state index contributed by atoms with van der Waals surface area (Å²) in [7, 11) is 0. The second-order valence-electron chi connectivity index (χ2n) is 5.57. The smallest absolute Gasteiger partial charge is 0.269 e. The van der Waals surface area contributed by atoms with E-state index >= 15 is 0 Å². The van der Waals surface area contributed by atoms with E-state index in [1.54, 1.807) is 23.5 Å². The molecule has 9 nitrogen and oxygen atoms in total. The highest BCUT2D eigenvalue weighted by Crippen LogP contribution is 2.29. The van der Waals surface area contributed by atoms with Gasteiger partial charge in [0.15, 0.2) is 0 Å². The number of fused-ring (bicyclic) bond motifs is 1. The van der Waals surface area contributed by atoms with Gasteiger partial charge in [-0.05, 0) is 18.6 Å². The number of hydrogen-bond acceptors (Lipinski definition) is 8. The lowest BCUT2D eigenvalue weighted by molar-refractivity contribution is -0.384. The Morgan fingerprint density at radius 3 is 2.96 bits per heavy atom. The number of non-ortho nitro benzene ring substituents is 1. The number of benzene rings is 1. The third kappa shape index (κ3) is 3.09. The molecule has 0 unspecified atom stereocenters. The first kappa shape index (κ1) is 16.1. The number of rotatable bonds is 5. The van der Waals surface area contributed by atoms with E-state index in [0.717, 1.165) is 20.7 Å². The Kier molecular flexibility index (Phi) is 4.01. The van der Waals surface area contributed by atoms with Gasteiger partial charge >= 0.3 is 0 Å². The van der Waals surface area contributed by atoms with Gasteiger partial charge in [-0.3, -0.25) is 10.1 Å². The Balaban J connectivity index is 1.69. The van der Waals surface area contributed by atoms with Crippen molar-refractivity contribution in [2.45, 2.75) is 13.5 Å². The quantitative estimate of drug-likeness (QED) is 0.426. The van der Waals surface area contributed by atoms with E-state index in [1.807, 2.05) is 19.1 Å². The minimum atomic E-state index is -0.405. The van der Waals surface area contributed by atoms with Gasteiger partial charge in [0, 0.05) is 23.6 Å². The molecule has 26 heavy (non-hydrogen) atoms. The minimum Gasteiger partial charge on any atom is -0.365 e. The van der Waals surface area contributed by atoms with Crippen LogP contribution in [0.25, 0.3) is 16.2 Å². The second-order valence-corrected chi connectivity index (χ2v) is 6.80. The number of thiophene rings is 1. The van der Waals surface area contributed by atoms with Gasteiger partial charge in [0.25, 0.3) is 11.6 Å². The maximum Gasteiger partial charge on any atom is 0.269 e. The van der Waals surface area contributed by atoms with Crippen LogP contribution in [0.2, 0.25) is 0 Å². The average Bonchev–Trinajstić information content (AvgIpc) is 3.28. The lowest BCUT2D eigenvalue weighted by atomic mass is 10.2. The highest BCUT2D eigenvalue weighted by atomic mass is 32.1. The Morgan fingerprint density at radius 1 is 1.31 bits per heavy atom. The van der Waals surface area contributed by atoms with E-state index < -0.39 is 4.92 Å². The molecule has 0 atom stereocenters. The maximum atomic E-state index is 10.9. The van der Waals surface area contributed by atoms with Crippen LogP contribution in [0.3, 0.4) is 0 Å². The van der Waals surface area contributed by atoms with Crippen molar-refractivity contribution in [3.8, 4) is 5.95 Å². The zero-order chi connectivity index (χ0) is 18.1. The van der Waals surface area contributed by atoms with Crippen molar-refractivity contribution >= 4 is 33.1 Å². The molecule has 0 aliphatic rings. The molecule has 0 spiro atoms. The van der Waals surface area contributed by atoms with Crippen LogP contribution in [0.4, 0.5) is 11.5 Å². The summed E-state index contributed by atoms with van der Waals surface area (Å²) in [6.07, 6.45) is 2.95. The first-order valence-corrected chi connectivity index (χ1v) is 8.52. The van der Waals surface area contributed by atoms with Crippen molar-refractivity contribution in [2.24, 2.45) is 0 Å². The Bertz CT molecular complexity index is 1090. The Morgan fingerprint density at radius 2 is 2.19 bits per heavy atom. The third-order valence-electron chi connectivity index (χ3n) is 3.71. The van der Waals surface area contributed by atoms with Crippen LogP contribution in [-0.2, 0) is 6.54 Å². The fourth-order valence-electron chi connectivity index (χ4n) is 2.55. The molecule has 130 valence electrons. The number of nitrogens with one attached hydrogen (secondary N) is 1. The Labute approximate surface area is 151 Å². The van der Waals surface area contributed by atoms with E-state index in [1.165, 1.54) is 23.4 Å². The van der Waals surface area contributed by atoms with Gasteiger partial charge in [-0.2, -0.15) is 19.7 Å². The largest absolute Gasteiger partial charge is 0.365 e. The summed E-state index contributed by atoms with van der Waals surface area (Å²) in [5.74, 6) is 1.06. The lowest BCUT2D eigenvalue weighted by Crippen LogP contribution is -2.07. The minimum absolute atomic E-state index is 0.0619. The summed E-state index contributed by atoms with van der Waals surface area (Å²) >= 11 is 1.56. The summed E-state index contributed by atoms with van der Waals surface area (Å²) in [4.78, 5) is 25.5. The van der Waals surface area contributed by atoms with Crippen LogP contribution < -0.4 is 5.32 Å². The fourth-order valence-corrected chi connectivity index (χ4v) is 3.42. The SMILES string of the molecule is Cc1cc2c(NCc3cccc([N+](=O)[O-])c3)nc(-n3cncn3)nc2s1. The highest BCUT2D eigenvalue weighted by Gasteiger charge is 2.13. The van der Waals surface area contributed by atoms with Gasteiger partial charge in [-0.1, -0.05) is 12.1 Å². The molecule has 0 amide bonds. The molecule has 1 aromatic carbocycles. The normalized spacial score (nSPS) is 11.0. The number of hydrogen-bond donors (Lipinski definition) is 1. The molecule has 0 aliphatic carbocycles. The van der Waals surface area contributed by atoms with Crippen LogP contribution in [0.15, 0.2) is 43.0 Å². The first-order chi connectivity index (χ1) is 12.6. The molecule has 0 saturated carbocycles. The second kappa shape index (κ2) is 6.48. The molecular formula is C16H13N7O2S. The summed E-state index contributed by atoms with van der Waals surface area (Å²) in [6.45, 7) is 2.41. The first-order valence-electron chi connectivity index (χ1n) is 7.70. The van der Waals surface area contributed by atoms with E-state index in [4.69, 9.17) is 0 Å². The molecule has 0 radical (unpaired) electrons. The molecular weight excluding hydrogens is 354 g/mol.